The van der Waals surface area contributed by atoms with Crippen LogP contribution in [-0.4, -0.2) is 36.4 Å². The molecular formula is C6H12Cl3P. The van der Waals surface area contributed by atoms with E-state index in [1.165, 1.54) is 12.3 Å². The van der Waals surface area contributed by atoms with Gasteiger partial charge in [-0.3, -0.25) is 0 Å². The van der Waals surface area contributed by atoms with Crippen LogP contribution < -0.4 is 12.4 Å². The molecule has 0 aromatic carbocycles. The summed E-state index contributed by atoms with van der Waals surface area (Å²) in [6.45, 7) is 4.65. The maximum absolute atomic E-state index is 5.94. The molecule has 1 aliphatic rings. The fourth-order valence-electron chi connectivity index (χ4n) is 1.25. The van der Waals surface area contributed by atoms with E-state index in [-0.39, 0.29) is 23.2 Å². The molecule has 10 heavy (non-hydrogen) atoms. The monoisotopic (exact) mass is 220 g/mol. The van der Waals surface area contributed by atoms with E-state index in [1.807, 2.05) is 0 Å². The van der Waals surface area contributed by atoms with Crippen molar-refractivity contribution in [3.05, 3.63) is 0 Å². The highest BCUT2D eigenvalue weighted by molar-refractivity contribution is 7.75. The molecule has 0 radical (unpaired) electrons. The summed E-state index contributed by atoms with van der Waals surface area (Å²) >= 11 is 11.9. The summed E-state index contributed by atoms with van der Waals surface area (Å²) in [4.78, 5) is 0. The van der Waals surface area contributed by atoms with E-state index in [2.05, 4.69) is 13.3 Å². The normalized spacial score (nSPS) is 37.2. The minimum atomic E-state index is -0.669. The lowest BCUT2D eigenvalue weighted by Crippen LogP contribution is -3.00. The molecule has 62 valence electrons. The lowest BCUT2D eigenvalue weighted by molar-refractivity contribution is -0.00000195. The van der Waals surface area contributed by atoms with Crippen molar-refractivity contribution in [1.29, 1.82) is 0 Å². The average Bonchev–Trinajstić information content (AvgIpc) is 1.79. The van der Waals surface area contributed by atoms with Gasteiger partial charge in [0.25, 0.3) is 0 Å². The van der Waals surface area contributed by atoms with Gasteiger partial charge in [0, 0.05) is 20.6 Å². The highest BCUT2D eigenvalue weighted by atomic mass is 35.5. The van der Waals surface area contributed by atoms with Crippen molar-refractivity contribution in [2.75, 3.05) is 25.7 Å². The Hall–Kier alpha value is 1.30. The van der Waals surface area contributed by atoms with Crippen LogP contribution in [-0.2, 0) is 0 Å². The lowest BCUT2D eigenvalue weighted by atomic mass is 10.4. The Morgan fingerprint density at radius 2 is 1.40 bits per heavy atom. The number of alkyl halides is 2. The second-order valence-corrected chi connectivity index (χ2v) is 9.06. The van der Waals surface area contributed by atoms with Crippen LogP contribution in [0.1, 0.15) is 0 Å². The molecule has 0 saturated carbocycles. The van der Waals surface area contributed by atoms with E-state index in [9.17, 15) is 0 Å². The molecular weight excluding hydrogens is 209 g/mol. The van der Waals surface area contributed by atoms with Gasteiger partial charge >= 0.3 is 0 Å². The molecule has 1 saturated heterocycles. The summed E-state index contributed by atoms with van der Waals surface area (Å²) in [6, 6.07) is 0. The first-order chi connectivity index (χ1) is 4.01. The molecule has 1 rings (SSSR count). The quantitative estimate of drug-likeness (QED) is 0.382. The Bertz CT molecular complexity index is 104. The van der Waals surface area contributed by atoms with E-state index < -0.39 is 7.26 Å². The van der Waals surface area contributed by atoms with Crippen LogP contribution in [0.25, 0.3) is 0 Å². The van der Waals surface area contributed by atoms with Gasteiger partial charge in [-0.25, -0.2) is 0 Å². The van der Waals surface area contributed by atoms with E-state index in [1.54, 1.807) is 0 Å². The summed E-state index contributed by atoms with van der Waals surface area (Å²) in [5.74, 6) is 0. The predicted molar refractivity (Wildman–Crippen MR) is 47.8 cm³/mol. The van der Waals surface area contributed by atoms with Crippen LogP contribution in [0.3, 0.4) is 0 Å². The highest BCUT2D eigenvalue weighted by Crippen LogP contribution is 2.59. The molecule has 0 bridgehead atoms. The molecule has 1 heterocycles. The summed E-state index contributed by atoms with van der Waals surface area (Å²) in [6.07, 6.45) is 2.34. The number of rotatable bonds is 0. The third-order valence-electron chi connectivity index (χ3n) is 1.73. The van der Waals surface area contributed by atoms with Crippen LogP contribution in [0.4, 0.5) is 0 Å². The first-order valence-electron chi connectivity index (χ1n) is 3.11. The molecule has 1 aliphatic heterocycles. The van der Waals surface area contributed by atoms with E-state index in [0.717, 1.165) is 0 Å². The van der Waals surface area contributed by atoms with E-state index in [0.29, 0.717) is 0 Å². The third-order valence-corrected chi connectivity index (χ3v) is 5.97. The van der Waals surface area contributed by atoms with Gasteiger partial charge in [0.2, 0.25) is 0 Å². The summed E-state index contributed by atoms with van der Waals surface area (Å²) < 4.78 is 0. The first-order valence-corrected chi connectivity index (χ1v) is 7.04. The first kappa shape index (κ1) is 11.3. The van der Waals surface area contributed by atoms with Crippen molar-refractivity contribution in [3.63, 3.8) is 0 Å². The molecule has 2 atom stereocenters. The van der Waals surface area contributed by atoms with Gasteiger partial charge in [-0.1, -0.05) is 0 Å². The Labute approximate surface area is 79.4 Å². The standard InChI is InChI=1S/C6H12Cl2P.ClH/c1-9(2)3-5(7)6(8)4-9;/h5-6H,3-4H2,1-2H3;1H/q+1;/p-1. The van der Waals surface area contributed by atoms with Crippen LogP contribution in [0.5, 0.6) is 0 Å². The van der Waals surface area contributed by atoms with Gasteiger partial charge in [-0.05, 0) is 0 Å². The Kier molecular flexibility index (Phi) is 4.30. The summed E-state index contributed by atoms with van der Waals surface area (Å²) in [5, 5.41) is 0.491. The Morgan fingerprint density at radius 3 is 1.50 bits per heavy atom. The van der Waals surface area contributed by atoms with Crippen molar-refractivity contribution in [3.8, 4) is 0 Å². The zero-order valence-electron chi connectivity index (χ0n) is 6.15. The zero-order valence-corrected chi connectivity index (χ0v) is 9.31. The SMILES string of the molecule is C[P+]1(C)CC(Cl)C(Cl)C1.[Cl-]. The smallest absolute Gasteiger partial charge is 0.0869 e. The van der Waals surface area contributed by atoms with Crippen LogP contribution in [0, 0.1) is 0 Å². The van der Waals surface area contributed by atoms with Crippen molar-refractivity contribution in [2.24, 2.45) is 0 Å². The molecule has 2 unspecified atom stereocenters. The second kappa shape index (κ2) is 3.81. The van der Waals surface area contributed by atoms with Crippen molar-refractivity contribution < 1.29 is 12.4 Å². The van der Waals surface area contributed by atoms with Crippen LogP contribution in [0.15, 0.2) is 0 Å². The van der Waals surface area contributed by atoms with Gasteiger partial charge in [-0.15, -0.1) is 23.2 Å². The molecule has 4 heteroatoms. The van der Waals surface area contributed by atoms with Gasteiger partial charge < -0.3 is 12.4 Å². The highest BCUT2D eigenvalue weighted by Gasteiger charge is 2.42. The minimum absolute atomic E-state index is 0. The lowest BCUT2D eigenvalue weighted by Gasteiger charge is -2.07. The number of hydrogen-bond acceptors (Lipinski definition) is 0. The summed E-state index contributed by atoms with van der Waals surface area (Å²) in [5.41, 5.74) is 0. The zero-order chi connectivity index (χ0) is 7.07. The van der Waals surface area contributed by atoms with Crippen LogP contribution in [0.2, 0.25) is 0 Å². The number of hydrogen-bond donors (Lipinski definition) is 0. The van der Waals surface area contributed by atoms with E-state index in [4.69, 9.17) is 23.2 Å². The van der Waals surface area contributed by atoms with Gasteiger partial charge in [0.05, 0.1) is 23.1 Å². The van der Waals surface area contributed by atoms with Crippen molar-refractivity contribution in [2.45, 2.75) is 10.8 Å². The molecule has 0 N–H and O–H groups in total. The van der Waals surface area contributed by atoms with Gasteiger partial charge in [0.15, 0.2) is 0 Å². The van der Waals surface area contributed by atoms with E-state index >= 15 is 0 Å². The Morgan fingerprint density at radius 1 is 1.10 bits per heavy atom. The molecule has 1 fully saturated rings. The minimum Gasteiger partial charge on any atom is -1.00 e. The maximum Gasteiger partial charge on any atom is 0.0869 e. The van der Waals surface area contributed by atoms with Crippen molar-refractivity contribution in [1.82, 2.24) is 0 Å². The van der Waals surface area contributed by atoms with Crippen LogP contribution >= 0.6 is 30.5 Å². The summed E-state index contributed by atoms with van der Waals surface area (Å²) in [7, 11) is -0.669. The molecule has 0 aliphatic carbocycles. The van der Waals surface area contributed by atoms with Crippen molar-refractivity contribution >= 4 is 30.5 Å². The fraction of sp³-hybridized carbons (Fsp3) is 1.00. The molecule has 0 spiro atoms. The molecule has 0 nitrogen and oxygen atoms in total. The largest absolute Gasteiger partial charge is 1.00 e. The maximum atomic E-state index is 5.94. The fourth-order valence-corrected chi connectivity index (χ4v) is 6.46. The Balaban J connectivity index is 0.000000810. The van der Waals surface area contributed by atoms with Gasteiger partial charge in [-0.2, -0.15) is 0 Å². The second-order valence-electron chi connectivity index (χ2n) is 3.33. The predicted octanol–water partition coefficient (Wildman–Crippen LogP) is -0.504. The molecule has 0 amide bonds. The van der Waals surface area contributed by atoms with Gasteiger partial charge in [0.1, 0.15) is 0 Å². The third kappa shape index (κ3) is 2.74. The topological polar surface area (TPSA) is 0 Å². The molecule has 0 aromatic rings. The number of halogens is 3. The average molecular weight is 221 g/mol. The molecule has 0 aromatic heterocycles.